The Bertz CT molecular complexity index is 837. The summed E-state index contributed by atoms with van der Waals surface area (Å²) in [5, 5.41) is 0. The van der Waals surface area contributed by atoms with Gasteiger partial charge in [0, 0.05) is 12.7 Å². The third-order valence-electron chi connectivity index (χ3n) is 4.11. The van der Waals surface area contributed by atoms with Crippen LogP contribution >= 0.6 is 0 Å². The Hall–Kier alpha value is -2.25. The fourth-order valence-electron chi connectivity index (χ4n) is 2.99. The third kappa shape index (κ3) is 2.92. The number of aromatic nitrogens is 1. The van der Waals surface area contributed by atoms with Crippen molar-refractivity contribution in [3.8, 4) is 0 Å². The number of sulfonamides is 1. The van der Waals surface area contributed by atoms with E-state index in [0.717, 1.165) is 6.42 Å². The summed E-state index contributed by atoms with van der Waals surface area (Å²) < 4.78 is 32.4. The van der Waals surface area contributed by atoms with Crippen molar-refractivity contribution in [1.82, 2.24) is 9.29 Å². The number of carbonyl (C=O) groups excluding carboxylic acids is 1. The number of rotatable bonds is 4. The molecule has 0 saturated carbocycles. The number of nitrogens with zero attached hydrogens (tertiary/aromatic N) is 2. The molecule has 1 aromatic carbocycles. The van der Waals surface area contributed by atoms with Gasteiger partial charge in [-0.1, -0.05) is 18.2 Å². The molecule has 24 heavy (non-hydrogen) atoms. The fourth-order valence-corrected chi connectivity index (χ4v) is 4.84. The molecule has 1 aliphatic rings. The highest BCUT2D eigenvalue weighted by molar-refractivity contribution is 7.89. The lowest BCUT2D eigenvalue weighted by Gasteiger charge is -2.24. The van der Waals surface area contributed by atoms with Gasteiger partial charge in [0.15, 0.2) is 0 Å². The van der Waals surface area contributed by atoms with Crippen molar-refractivity contribution in [3.63, 3.8) is 0 Å². The minimum atomic E-state index is -3.83. The summed E-state index contributed by atoms with van der Waals surface area (Å²) in [6.45, 7) is 0.402. The first kappa shape index (κ1) is 16.6. The molecule has 1 fully saturated rings. The lowest BCUT2D eigenvalue weighted by atomic mass is 10.1. The molecular weight excluding hydrogens is 328 g/mol. The first-order chi connectivity index (χ1) is 11.6. The zero-order valence-electron chi connectivity index (χ0n) is 13.3. The monoisotopic (exact) mass is 346 g/mol. The van der Waals surface area contributed by atoms with Crippen LogP contribution in [0.15, 0.2) is 53.6 Å². The van der Waals surface area contributed by atoms with Crippen molar-refractivity contribution >= 4 is 16.0 Å². The minimum Gasteiger partial charge on any atom is -0.465 e. The Morgan fingerprint density at radius 1 is 1.21 bits per heavy atom. The average molecular weight is 346 g/mol. The molecule has 1 atom stereocenters. The van der Waals surface area contributed by atoms with Gasteiger partial charge in [0.2, 0.25) is 10.0 Å². The molecule has 0 aliphatic carbocycles. The van der Waals surface area contributed by atoms with Gasteiger partial charge in [0.25, 0.3) is 0 Å². The second-order valence-electron chi connectivity index (χ2n) is 5.52. The number of carbonyl (C=O) groups is 1. The molecule has 1 saturated heterocycles. The summed E-state index contributed by atoms with van der Waals surface area (Å²) in [5.41, 5.74) is 0.765. The molecule has 0 spiro atoms. The van der Waals surface area contributed by atoms with Crippen molar-refractivity contribution < 1.29 is 17.9 Å². The van der Waals surface area contributed by atoms with Crippen molar-refractivity contribution in [2.45, 2.75) is 23.8 Å². The summed E-state index contributed by atoms with van der Waals surface area (Å²) in [4.78, 5) is 16.2. The molecule has 0 unspecified atom stereocenters. The summed E-state index contributed by atoms with van der Waals surface area (Å²) >= 11 is 0. The lowest BCUT2D eigenvalue weighted by Crippen LogP contribution is -2.32. The molecule has 0 amide bonds. The van der Waals surface area contributed by atoms with Crippen molar-refractivity contribution in [3.05, 3.63) is 59.9 Å². The van der Waals surface area contributed by atoms with Gasteiger partial charge in [0.1, 0.15) is 0 Å². The molecule has 6 nitrogen and oxygen atoms in total. The molecule has 7 heteroatoms. The topological polar surface area (TPSA) is 76.6 Å². The van der Waals surface area contributed by atoms with Crippen LogP contribution in [0, 0.1) is 0 Å². The van der Waals surface area contributed by atoms with E-state index in [0.29, 0.717) is 18.7 Å². The largest absolute Gasteiger partial charge is 0.465 e. The Morgan fingerprint density at radius 2 is 1.96 bits per heavy atom. The average Bonchev–Trinajstić information content (AvgIpc) is 3.12. The van der Waals surface area contributed by atoms with E-state index in [4.69, 9.17) is 4.74 Å². The Labute approximate surface area is 141 Å². The number of hydrogen-bond donors (Lipinski definition) is 0. The number of benzene rings is 1. The van der Waals surface area contributed by atoms with Crippen LogP contribution in [-0.4, -0.2) is 37.3 Å². The Balaban J connectivity index is 2.04. The first-order valence-corrected chi connectivity index (χ1v) is 9.10. The van der Waals surface area contributed by atoms with Crippen LogP contribution in [0.4, 0.5) is 0 Å². The van der Waals surface area contributed by atoms with Gasteiger partial charge in [-0.05, 0) is 37.1 Å². The minimum absolute atomic E-state index is 0.0281. The van der Waals surface area contributed by atoms with Gasteiger partial charge in [-0.3, -0.25) is 4.98 Å². The normalized spacial score (nSPS) is 18.5. The summed E-state index contributed by atoms with van der Waals surface area (Å²) in [6.07, 6.45) is 3.11. The predicted molar refractivity (Wildman–Crippen MR) is 87.9 cm³/mol. The first-order valence-electron chi connectivity index (χ1n) is 7.66. The summed E-state index contributed by atoms with van der Waals surface area (Å²) in [7, 11) is -2.59. The highest BCUT2D eigenvalue weighted by Gasteiger charge is 2.38. The number of ether oxygens (including phenoxy) is 1. The highest BCUT2D eigenvalue weighted by Crippen LogP contribution is 2.36. The van der Waals surface area contributed by atoms with E-state index >= 15 is 0 Å². The van der Waals surface area contributed by atoms with Gasteiger partial charge in [-0.15, -0.1) is 0 Å². The molecule has 0 bridgehead atoms. The second-order valence-corrected chi connectivity index (χ2v) is 7.38. The fraction of sp³-hybridized carbons (Fsp3) is 0.294. The third-order valence-corrected chi connectivity index (χ3v) is 6.08. The van der Waals surface area contributed by atoms with Crippen LogP contribution < -0.4 is 0 Å². The summed E-state index contributed by atoms with van der Waals surface area (Å²) in [5.74, 6) is -0.664. The zero-order valence-corrected chi connectivity index (χ0v) is 14.1. The quantitative estimate of drug-likeness (QED) is 0.795. The molecule has 1 aromatic heterocycles. The van der Waals surface area contributed by atoms with E-state index in [1.165, 1.54) is 23.5 Å². The molecule has 1 aliphatic heterocycles. The molecule has 2 aromatic rings. The zero-order chi connectivity index (χ0) is 17.2. The number of hydrogen-bond acceptors (Lipinski definition) is 5. The van der Waals surface area contributed by atoms with Crippen LogP contribution in [0.2, 0.25) is 0 Å². The molecular formula is C17H18N2O4S. The van der Waals surface area contributed by atoms with Crippen molar-refractivity contribution in [2.75, 3.05) is 13.7 Å². The maximum absolute atomic E-state index is 13.1. The lowest BCUT2D eigenvalue weighted by molar-refractivity contribution is 0.0596. The van der Waals surface area contributed by atoms with E-state index in [1.54, 1.807) is 24.4 Å². The van der Waals surface area contributed by atoms with E-state index in [2.05, 4.69) is 4.98 Å². The van der Waals surface area contributed by atoms with Crippen LogP contribution in [-0.2, 0) is 14.8 Å². The SMILES string of the molecule is COC(=O)c1ccccc1S(=O)(=O)N1CCC[C@@H]1c1ccccn1. The maximum Gasteiger partial charge on any atom is 0.339 e. The Morgan fingerprint density at radius 3 is 2.67 bits per heavy atom. The van der Waals surface area contributed by atoms with Crippen LogP contribution in [0.1, 0.15) is 34.9 Å². The molecule has 3 rings (SSSR count). The molecule has 0 radical (unpaired) electrons. The predicted octanol–water partition coefficient (Wildman–Crippen LogP) is 2.39. The number of esters is 1. The highest BCUT2D eigenvalue weighted by atomic mass is 32.2. The van der Waals surface area contributed by atoms with E-state index in [9.17, 15) is 13.2 Å². The van der Waals surface area contributed by atoms with Crippen molar-refractivity contribution in [2.24, 2.45) is 0 Å². The Kier molecular flexibility index (Phi) is 4.64. The van der Waals surface area contributed by atoms with Gasteiger partial charge < -0.3 is 4.74 Å². The maximum atomic E-state index is 13.1. The molecule has 0 N–H and O–H groups in total. The second kappa shape index (κ2) is 6.70. The van der Waals surface area contributed by atoms with Crippen molar-refractivity contribution in [1.29, 1.82) is 0 Å². The smallest absolute Gasteiger partial charge is 0.339 e. The van der Waals surface area contributed by atoms with Gasteiger partial charge in [0.05, 0.1) is 29.3 Å². The van der Waals surface area contributed by atoms with Gasteiger partial charge >= 0.3 is 5.97 Å². The van der Waals surface area contributed by atoms with Gasteiger partial charge in [-0.2, -0.15) is 4.31 Å². The van der Waals surface area contributed by atoms with Crippen LogP contribution in [0.25, 0.3) is 0 Å². The van der Waals surface area contributed by atoms with Crippen LogP contribution in [0.5, 0.6) is 0 Å². The summed E-state index contributed by atoms with van der Waals surface area (Å²) in [6, 6.07) is 11.3. The standard InChI is InChI=1S/C17H18N2O4S/c1-23-17(20)13-7-2-3-10-16(13)24(21,22)19-12-6-9-15(19)14-8-4-5-11-18-14/h2-5,7-8,10-11,15H,6,9,12H2,1H3/t15-/m1/s1. The van der Waals surface area contributed by atoms with Gasteiger partial charge in [-0.25, -0.2) is 13.2 Å². The number of methoxy groups -OCH3 is 1. The number of pyridine rings is 1. The molecule has 2 heterocycles. The van der Waals surface area contributed by atoms with E-state index in [1.807, 2.05) is 12.1 Å². The van der Waals surface area contributed by atoms with Crippen LogP contribution in [0.3, 0.4) is 0 Å². The van der Waals surface area contributed by atoms with E-state index in [-0.39, 0.29) is 16.5 Å². The van der Waals surface area contributed by atoms with E-state index < -0.39 is 16.0 Å². The molecule has 126 valence electrons.